The van der Waals surface area contributed by atoms with Gasteiger partial charge in [-0.2, -0.15) is 0 Å². The lowest BCUT2D eigenvalue weighted by Crippen LogP contribution is -2.37. The minimum Gasteiger partial charge on any atom is -0.380 e. The molecule has 0 spiro atoms. The number of nitrogens with two attached hydrogens (primary N) is 1. The molecule has 0 aliphatic carbocycles. The molecular formula is C11H25N3O2. The first kappa shape index (κ1) is 15.3. The molecule has 0 bridgehead atoms. The highest BCUT2D eigenvalue weighted by atomic mass is 16.5. The van der Waals surface area contributed by atoms with Gasteiger partial charge < -0.3 is 4.74 Å². The van der Waals surface area contributed by atoms with Crippen LogP contribution in [0.3, 0.4) is 0 Å². The molecule has 0 heterocycles. The molecule has 1 unspecified atom stereocenters. The van der Waals surface area contributed by atoms with Gasteiger partial charge in [-0.25, -0.2) is 5.84 Å². The number of amides is 1. The Bertz CT molecular complexity index is 188. The summed E-state index contributed by atoms with van der Waals surface area (Å²) in [4.78, 5) is 13.3. The number of hydrogen-bond donors (Lipinski definition) is 2. The van der Waals surface area contributed by atoms with Crippen LogP contribution in [-0.4, -0.2) is 43.2 Å². The van der Waals surface area contributed by atoms with Crippen LogP contribution in [-0.2, 0) is 9.53 Å². The van der Waals surface area contributed by atoms with Crippen LogP contribution in [0, 0.1) is 0 Å². The second-order valence-corrected chi connectivity index (χ2v) is 3.78. The summed E-state index contributed by atoms with van der Waals surface area (Å²) in [5, 5.41) is 0. The zero-order valence-electron chi connectivity index (χ0n) is 10.7. The molecule has 0 radical (unpaired) electrons. The third-order valence-corrected chi connectivity index (χ3v) is 2.71. The number of likely N-dealkylation sites (N-methyl/N-ethyl adjacent to an activating group) is 1. The molecule has 0 fully saturated rings. The van der Waals surface area contributed by atoms with Crippen molar-refractivity contribution in [2.24, 2.45) is 5.84 Å². The van der Waals surface area contributed by atoms with Crippen LogP contribution in [0.1, 0.15) is 33.6 Å². The summed E-state index contributed by atoms with van der Waals surface area (Å²) in [6.07, 6.45) is 1.30. The van der Waals surface area contributed by atoms with Gasteiger partial charge in [-0.3, -0.25) is 15.1 Å². The summed E-state index contributed by atoms with van der Waals surface area (Å²) in [6, 6.07) is 0.378. The number of hydrogen-bond acceptors (Lipinski definition) is 4. The van der Waals surface area contributed by atoms with Gasteiger partial charge in [0.25, 0.3) is 0 Å². The Kier molecular flexibility index (Phi) is 9.18. The zero-order chi connectivity index (χ0) is 12.4. The highest BCUT2D eigenvalue weighted by molar-refractivity contribution is 5.75. The summed E-state index contributed by atoms with van der Waals surface area (Å²) in [7, 11) is 0. The summed E-state index contributed by atoms with van der Waals surface area (Å²) in [5.74, 6) is 4.93. The molecule has 5 heteroatoms. The van der Waals surface area contributed by atoms with Crippen molar-refractivity contribution in [1.29, 1.82) is 0 Å². The van der Waals surface area contributed by atoms with E-state index in [1.165, 1.54) is 0 Å². The van der Waals surface area contributed by atoms with E-state index in [4.69, 9.17) is 10.6 Å². The van der Waals surface area contributed by atoms with Crippen LogP contribution in [0.5, 0.6) is 0 Å². The molecule has 0 saturated heterocycles. The van der Waals surface area contributed by atoms with Crippen LogP contribution in [0.15, 0.2) is 0 Å². The fourth-order valence-electron chi connectivity index (χ4n) is 1.61. The Balaban J connectivity index is 3.81. The van der Waals surface area contributed by atoms with E-state index in [9.17, 15) is 4.79 Å². The number of nitrogens with one attached hydrogen (secondary N) is 1. The van der Waals surface area contributed by atoms with E-state index in [0.29, 0.717) is 12.5 Å². The summed E-state index contributed by atoms with van der Waals surface area (Å²) in [6.45, 7) is 9.61. The van der Waals surface area contributed by atoms with Gasteiger partial charge in [0, 0.05) is 25.6 Å². The summed E-state index contributed by atoms with van der Waals surface area (Å²) in [5.41, 5.74) is 2.15. The van der Waals surface area contributed by atoms with Crippen molar-refractivity contribution in [3.05, 3.63) is 0 Å². The quantitative estimate of drug-likeness (QED) is 0.262. The SMILES string of the molecule is CCOCCN(CC)C(C)CCC(=O)NN. The second-order valence-electron chi connectivity index (χ2n) is 3.78. The van der Waals surface area contributed by atoms with Crippen molar-refractivity contribution in [2.45, 2.75) is 39.7 Å². The van der Waals surface area contributed by atoms with E-state index >= 15 is 0 Å². The lowest BCUT2D eigenvalue weighted by atomic mass is 10.1. The molecule has 0 aromatic carbocycles. The number of carbonyl (C=O) groups excluding carboxylic acids is 1. The van der Waals surface area contributed by atoms with Crippen molar-refractivity contribution in [3.63, 3.8) is 0 Å². The first-order valence-electron chi connectivity index (χ1n) is 5.96. The van der Waals surface area contributed by atoms with Gasteiger partial charge in [-0.1, -0.05) is 6.92 Å². The summed E-state index contributed by atoms with van der Waals surface area (Å²) < 4.78 is 5.32. The van der Waals surface area contributed by atoms with Gasteiger partial charge >= 0.3 is 0 Å². The molecule has 0 saturated carbocycles. The van der Waals surface area contributed by atoms with Crippen LogP contribution in [0.4, 0.5) is 0 Å². The van der Waals surface area contributed by atoms with E-state index in [2.05, 4.69) is 24.2 Å². The standard InChI is InChI=1S/C11H25N3O2/c1-4-14(8-9-16-5-2)10(3)6-7-11(15)13-12/h10H,4-9,12H2,1-3H3,(H,13,15). The molecule has 1 atom stereocenters. The zero-order valence-corrected chi connectivity index (χ0v) is 10.7. The summed E-state index contributed by atoms with van der Waals surface area (Å²) >= 11 is 0. The number of rotatable bonds is 9. The van der Waals surface area contributed by atoms with Gasteiger partial charge in [0.05, 0.1) is 6.61 Å². The molecular weight excluding hydrogens is 206 g/mol. The fourth-order valence-corrected chi connectivity index (χ4v) is 1.61. The first-order chi connectivity index (χ1) is 7.65. The largest absolute Gasteiger partial charge is 0.380 e. The van der Waals surface area contributed by atoms with E-state index < -0.39 is 0 Å². The molecule has 1 amide bonds. The van der Waals surface area contributed by atoms with Gasteiger partial charge in [-0.15, -0.1) is 0 Å². The predicted molar refractivity (Wildman–Crippen MR) is 64.8 cm³/mol. The molecule has 0 aromatic rings. The minimum absolute atomic E-state index is 0.104. The number of nitrogens with zero attached hydrogens (tertiary/aromatic N) is 1. The van der Waals surface area contributed by atoms with Gasteiger partial charge in [-0.05, 0) is 26.8 Å². The molecule has 0 rings (SSSR count). The molecule has 5 nitrogen and oxygen atoms in total. The van der Waals surface area contributed by atoms with Crippen molar-refractivity contribution < 1.29 is 9.53 Å². The van der Waals surface area contributed by atoms with Crippen molar-refractivity contribution in [2.75, 3.05) is 26.3 Å². The Labute approximate surface area is 98.3 Å². The predicted octanol–water partition coefficient (Wildman–Crippen LogP) is 0.503. The monoisotopic (exact) mass is 231 g/mol. The molecule has 0 aromatic heterocycles. The number of carbonyl (C=O) groups is 1. The first-order valence-corrected chi connectivity index (χ1v) is 5.96. The second kappa shape index (κ2) is 9.57. The highest BCUT2D eigenvalue weighted by Gasteiger charge is 2.12. The molecule has 0 aliphatic heterocycles. The van der Waals surface area contributed by atoms with Gasteiger partial charge in [0.1, 0.15) is 0 Å². The van der Waals surface area contributed by atoms with Gasteiger partial charge in [0.2, 0.25) is 5.91 Å². The van der Waals surface area contributed by atoms with Crippen molar-refractivity contribution >= 4 is 5.91 Å². The maximum Gasteiger partial charge on any atom is 0.233 e. The minimum atomic E-state index is -0.104. The van der Waals surface area contributed by atoms with Crippen LogP contribution < -0.4 is 11.3 Å². The van der Waals surface area contributed by atoms with Crippen LogP contribution >= 0.6 is 0 Å². The Morgan fingerprint density at radius 2 is 2.19 bits per heavy atom. The van der Waals surface area contributed by atoms with Gasteiger partial charge in [0.15, 0.2) is 0 Å². The number of hydrazine groups is 1. The average molecular weight is 231 g/mol. The van der Waals surface area contributed by atoms with Crippen molar-refractivity contribution in [1.82, 2.24) is 10.3 Å². The fraction of sp³-hybridized carbons (Fsp3) is 0.909. The third kappa shape index (κ3) is 6.76. The molecule has 16 heavy (non-hydrogen) atoms. The number of ether oxygens (including phenoxy) is 1. The Morgan fingerprint density at radius 3 is 2.69 bits per heavy atom. The molecule has 96 valence electrons. The van der Waals surface area contributed by atoms with Crippen LogP contribution in [0.2, 0.25) is 0 Å². The smallest absolute Gasteiger partial charge is 0.233 e. The lowest BCUT2D eigenvalue weighted by molar-refractivity contribution is -0.121. The maximum atomic E-state index is 11.0. The topological polar surface area (TPSA) is 67.6 Å². The normalized spacial score (nSPS) is 12.8. The lowest BCUT2D eigenvalue weighted by Gasteiger charge is -2.27. The van der Waals surface area contributed by atoms with E-state index in [0.717, 1.165) is 32.7 Å². The van der Waals surface area contributed by atoms with E-state index in [1.54, 1.807) is 0 Å². The third-order valence-electron chi connectivity index (χ3n) is 2.71. The highest BCUT2D eigenvalue weighted by Crippen LogP contribution is 2.06. The van der Waals surface area contributed by atoms with Crippen molar-refractivity contribution in [3.8, 4) is 0 Å². The maximum absolute atomic E-state index is 11.0. The molecule has 0 aliphatic rings. The van der Waals surface area contributed by atoms with Crippen LogP contribution in [0.25, 0.3) is 0 Å². The van der Waals surface area contributed by atoms with E-state index in [1.807, 2.05) is 6.92 Å². The van der Waals surface area contributed by atoms with E-state index in [-0.39, 0.29) is 5.91 Å². The average Bonchev–Trinajstić information content (AvgIpc) is 2.31. The molecule has 3 N–H and O–H groups in total. The Hall–Kier alpha value is -0.650. The Morgan fingerprint density at radius 1 is 1.50 bits per heavy atom.